The van der Waals surface area contributed by atoms with E-state index in [0.717, 1.165) is 0 Å². The van der Waals surface area contributed by atoms with Gasteiger partial charge in [0.05, 0.1) is 24.1 Å². The van der Waals surface area contributed by atoms with E-state index >= 15 is 0 Å². The molecule has 8 nitrogen and oxygen atoms in total. The number of imide groups is 1. The second-order valence-electron chi connectivity index (χ2n) is 4.87. The van der Waals surface area contributed by atoms with Crippen LogP contribution in [-0.4, -0.2) is 30.3 Å². The van der Waals surface area contributed by atoms with Crippen LogP contribution in [0.4, 0.5) is 4.79 Å². The van der Waals surface area contributed by atoms with Gasteiger partial charge in [-0.25, -0.2) is 4.79 Å². The second kappa shape index (κ2) is 9.38. The zero-order chi connectivity index (χ0) is 18.1. The van der Waals surface area contributed by atoms with E-state index < -0.39 is 24.5 Å². The zero-order valence-corrected chi connectivity index (χ0v) is 14.0. The fourth-order valence-electron chi connectivity index (χ4n) is 1.78. The number of thiophene rings is 1. The summed E-state index contributed by atoms with van der Waals surface area (Å²) in [5.74, 6) is -1.08. The highest BCUT2D eigenvalue weighted by Crippen LogP contribution is 2.12. The summed E-state index contributed by atoms with van der Waals surface area (Å²) in [7, 11) is 0. The normalized spacial score (nSPS) is 10.1. The van der Waals surface area contributed by atoms with Crippen molar-refractivity contribution in [1.82, 2.24) is 10.6 Å². The van der Waals surface area contributed by atoms with Crippen LogP contribution >= 0.6 is 11.3 Å². The van der Waals surface area contributed by atoms with Gasteiger partial charge in [0.1, 0.15) is 5.76 Å². The maximum Gasteiger partial charge on any atom is 0.321 e. The predicted octanol–water partition coefficient (Wildman–Crippen LogP) is 1.87. The number of carbonyl (C=O) groups is 4. The smallest absolute Gasteiger partial charge is 0.321 e. The van der Waals surface area contributed by atoms with Crippen molar-refractivity contribution in [3.05, 3.63) is 46.5 Å². The van der Waals surface area contributed by atoms with Crippen molar-refractivity contribution >= 4 is 35.0 Å². The molecule has 0 aliphatic heterocycles. The van der Waals surface area contributed by atoms with Crippen LogP contribution in [0.1, 0.15) is 28.3 Å². The first-order valence-corrected chi connectivity index (χ1v) is 8.25. The molecule has 2 aromatic rings. The van der Waals surface area contributed by atoms with E-state index in [1.165, 1.54) is 17.6 Å². The summed E-state index contributed by atoms with van der Waals surface area (Å²) in [5, 5.41) is 6.19. The molecule has 2 aromatic heterocycles. The van der Waals surface area contributed by atoms with Crippen LogP contribution in [0.25, 0.3) is 0 Å². The summed E-state index contributed by atoms with van der Waals surface area (Å²) in [6.07, 6.45) is 1.34. The first kappa shape index (κ1) is 18.4. The van der Waals surface area contributed by atoms with Gasteiger partial charge in [0, 0.05) is 6.42 Å². The van der Waals surface area contributed by atoms with E-state index in [0.29, 0.717) is 10.6 Å². The Kier molecular flexibility index (Phi) is 6.90. The molecule has 132 valence electrons. The van der Waals surface area contributed by atoms with Crippen LogP contribution in [-0.2, 0) is 20.9 Å². The number of furan rings is 1. The van der Waals surface area contributed by atoms with Gasteiger partial charge in [-0.1, -0.05) is 6.07 Å². The molecule has 0 fully saturated rings. The summed E-state index contributed by atoms with van der Waals surface area (Å²) in [5.41, 5.74) is 0. The molecule has 2 N–H and O–H groups in total. The molecule has 0 saturated heterocycles. The van der Waals surface area contributed by atoms with Crippen molar-refractivity contribution in [3.63, 3.8) is 0 Å². The third kappa shape index (κ3) is 6.60. The quantitative estimate of drug-likeness (QED) is 0.546. The average Bonchev–Trinajstić information content (AvgIpc) is 3.29. The highest BCUT2D eigenvalue weighted by molar-refractivity contribution is 7.12. The number of urea groups is 1. The van der Waals surface area contributed by atoms with Crippen molar-refractivity contribution in [3.8, 4) is 0 Å². The number of nitrogens with one attached hydrogen (secondary N) is 2. The Labute approximate surface area is 147 Å². The molecule has 0 aliphatic carbocycles. The average molecular weight is 364 g/mol. The van der Waals surface area contributed by atoms with Crippen LogP contribution in [0, 0.1) is 0 Å². The van der Waals surface area contributed by atoms with Gasteiger partial charge in [-0.05, 0) is 23.6 Å². The molecule has 0 atom stereocenters. The van der Waals surface area contributed by atoms with Crippen LogP contribution in [0.5, 0.6) is 0 Å². The maximum absolute atomic E-state index is 11.7. The molecule has 0 unspecified atom stereocenters. The number of hydrogen-bond donors (Lipinski definition) is 2. The largest absolute Gasteiger partial charge is 0.467 e. The highest BCUT2D eigenvalue weighted by Gasteiger charge is 2.13. The van der Waals surface area contributed by atoms with E-state index in [-0.39, 0.29) is 25.2 Å². The Morgan fingerprint density at radius 2 is 1.96 bits per heavy atom. The third-order valence-electron chi connectivity index (χ3n) is 2.97. The molecule has 0 aromatic carbocycles. The van der Waals surface area contributed by atoms with Gasteiger partial charge >= 0.3 is 12.0 Å². The molecule has 25 heavy (non-hydrogen) atoms. The summed E-state index contributed by atoms with van der Waals surface area (Å²) in [6, 6.07) is 6.03. The minimum atomic E-state index is -0.769. The Morgan fingerprint density at radius 3 is 2.64 bits per heavy atom. The number of rotatable bonds is 8. The summed E-state index contributed by atoms with van der Waals surface area (Å²) >= 11 is 1.29. The molecular weight excluding hydrogens is 348 g/mol. The van der Waals surface area contributed by atoms with E-state index in [1.54, 1.807) is 29.6 Å². The number of ketones is 1. The van der Waals surface area contributed by atoms with Gasteiger partial charge in [-0.3, -0.25) is 19.7 Å². The Hall–Kier alpha value is -2.94. The topological polar surface area (TPSA) is 115 Å². The fraction of sp³-hybridized carbons (Fsp3) is 0.250. The van der Waals surface area contributed by atoms with E-state index in [4.69, 9.17) is 9.15 Å². The van der Waals surface area contributed by atoms with Crippen LogP contribution in [0.3, 0.4) is 0 Å². The van der Waals surface area contributed by atoms with Gasteiger partial charge in [-0.15, -0.1) is 11.3 Å². The number of ether oxygens (including phenoxy) is 1. The summed E-state index contributed by atoms with van der Waals surface area (Å²) < 4.78 is 9.74. The molecule has 0 spiro atoms. The van der Waals surface area contributed by atoms with E-state index in [2.05, 4.69) is 5.32 Å². The first-order valence-electron chi connectivity index (χ1n) is 7.37. The van der Waals surface area contributed by atoms with E-state index in [1.807, 2.05) is 5.32 Å². The molecule has 2 rings (SSSR count). The molecule has 0 bridgehead atoms. The zero-order valence-electron chi connectivity index (χ0n) is 13.2. The van der Waals surface area contributed by atoms with Gasteiger partial charge in [-0.2, -0.15) is 0 Å². The van der Waals surface area contributed by atoms with E-state index in [9.17, 15) is 19.2 Å². The number of esters is 1. The fourth-order valence-corrected chi connectivity index (χ4v) is 2.48. The van der Waals surface area contributed by atoms with Crippen molar-refractivity contribution in [1.29, 1.82) is 0 Å². The molecule has 9 heteroatoms. The van der Waals surface area contributed by atoms with Crippen molar-refractivity contribution < 1.29 is 28.3 Å². The lowest BCUT2D eigenvalue weighted by Gasteiger charge is -2.06. The maximum atomic E-state index is 11.7. The number of hydrogen-bond acceptors (Lipinski definition) is 7. The molecule has 3 amide bonds. The molecule has 0 aliphatic rings. The minimum absolute atomic E-state index is 0.00456. The lowest BCUT2D eigenvalue weighted by molar-refractivity contribution is -0.148. The lowest BCUT2D eigenvalue weighted by atomic mass is 10.2. The third-order valence-corrected chi connectivity index (χ3v) is 3.88. The van der Waals surface area contributed by atoms with Crippen molar-refractivity contribution in [2.24, 2.45) is 0 Å². The van der Waals surface area contributed by atoms with Crippen molar-refractivity contribution in [2.45, 2.75) is 19.4 Å². The number of carbonyl (C=O) groups excluding carboxylic acids is 4. The van der Waals surface area contributed by atoms with Gasteiger partial charge in [0.15, 0.2) is 12.4 Å². The number of Topliss-reactive ketones (excluding diaryl/α,β-unsaturated/α-hetero) is 1. The Balaban J connectivity index is 1.59. The highest BCUT2D eigenvalue weighted by atomic mass is 32.1. The SMILES string of the molecule is O=C(COC(=O)CCC(=O)c1cccs1)NC(=O)NCc1ccco1. The summed E-state index contributed by atoms with van der Waals surface area (Å²) in [4.78, 5) is 46.8. The van der Waals surface area contributed by atoms with Gasteiger partial charge in [0.25, 0.3) is 5.91 Å². The minimum Gasteiger partial charge on any atom is -0.467 e. The standard InChI is InChI=1S/C16H16N2O6S/c19-12(13-4-2-8-25-13)5-6-15(21)24-10-14(20)18-16(22)17-9-11-3-1-7-23-11/h1-4,7-8H,5-6,9-10H2,(H2,17,18,20,22). The van der Waals surface area contributed by atoms with Crippen LogP contribution in [0.2, 0.25) is 0 Å². The molecular formula is C16H16N2O6S. The van der Waals surface area contributed by atoms with Crippen LogP contribution < -0.4 is 10.6 Å². The first-order chi connectivity index (χ1) is 12.0. The second-order valence-corrected chi connectivity index (χ2v) is 5.82. The summed E-state index contributed by atoms with van der Waals surface area (Å²) in [6.45, 7) is -0.475. The predicted molar refractivity (Wildman–Crippen MR) is 87.9 cm³/mol. The van der Waals surface area contributed by atoms with Gasteiger partial charge in [0.2, 0.25) is 0 Å². The Bertz CT molecular complexity index is 724. The molecule has 0 radical (unpaired) electrons. The van der Waals surface area contributed by atoms with Crippen molar-refractivity contribution in [2.75, 3.05) is 6.61 Å². The van der Waals surface area contributed by atoms with Crippen LogP contribution in [0.15, 0.2) is 40.3 Å². The Morgan fingerprint density at radius 1 is 1.12 bits per heavy atom. The number of amides is 3. The molecule has 0 saturated carbocycles. The molecule has 2 heterocycles. The lowest BCUT2D eigenvalue weighted by Crippen LogP contribution is -2.41. The monoisotopic (exact) mass is 364 g/mol. The van der Waals surface area contributed by atoms with Gasteiger partial charge < -0.3 is 14.5 Å².